The lowest BCUT2D eigenvalue weighted by Crippen LogP contribution is -2.22. The molecule has 0 saturated carbocycles. The fourth-order valence-corrected chi connectivity index (χ4v) is 3.31. The number of carbonyl (C=O) groups is 2. The summed E-state index contributed by atoms with van der Waals surface area (Å²) in [6, 6.07) is 11.2. The Morgan fingerprint density at radius 3 is 2.65 bits per heavy atom. The Labute approximate surface area is 153 Å². The van der Waals surface area contributed by atoms with Gasteiger partial charge in [-0.25, -0.2) is 4.79 Å². The van der Waals surface area contributed by atoms with Gasteiger partial charge in [0.05, 0.1) is 12.7 Å². The van der Waals surface area contributed by atoms with Crippen molar-refractivity contribution in [2.45, 2.75) is 32.6 Å². The van der Waals surface area contributed by atoms with Crippen molar-refractivity contribution in [3.05, 3.63) is 58.7 Å². The van der Waals surface area contributed by atoms with Crippen molar-refractivity contribution >= 4 is 17.6 Å². The van der Waals surface area contributed by atoms with Crippen LogP contribution in [0.25, 0.3) is 0 Å². The monoisotopic (exact) mass is 353 g/mol. The predicted octanol–water partition coefficient (Wildman–Crippen LogP) is 3.68. The minimum Gasteiger partial charge on any atom is -0.483 e. The summed E-state index contributed by atoms with van der Waals surface area (Å²) >= 11 is 0. The van der Waals surface area contributed by atoms with Gasteiger partial charge in [-0.05, 0) is 67.5 Å². The number of rotatable bonds is 5. The average molecular weight is 353 g/mol. The Morgan fingerprint density at radius 2 is 1.85 bits per heavy atom. The van der Waals surface area contributed by atoms with Crippen LogP contribution in [0.3, 0.4) is 0 Å². The van der Waals surface area contributed by atoms with Crippen LogP contribution in [0.1, 0.15) is 39.9 Å². The molecule has 0 radical (unpaired) electrons. The topological polar surface area (TPSA) is 64.6 Å². The molecule has 3 rings (SSSR count). The Kier molecular flexibility index (Phi) is 5.56. The maximum Gasteiger partial charge on any atom is 0.338 e. The second-order valence-corrected chi connectivity index (χ2v) is 6.41. The van der Waals surface area contributed by atoms with E-state index in [4.69, 9.17) is 9.47 Å². The van der Waals surface area contributed by atoms with Gasteiger partial charge in [0, 0.05) is 5.69 Å². The smallest absolute Gasteiger partial charge is 0.338 e. The summed E-state index contributed by atoms with van der Waals surface area (Å²) in [5, 5.41) is 2.81. The molecule has 0 aromatic heterocycles. The molecule has 2 aromatic carbocycles. The van der Waals surface area contributed by atoms with Gasteiger partial charge in [-0.15, -0.1) is 0 Å². The molecule has 0 bridgehead atoms. The normalized spacial score (nSPS) is 12.8. The number of hydrogen-bond acceptors (Lipinski definition) is 4. The number of methoxy groups -OCH3 is 1. The zero-order chi connectivity index (χ0) is 18.5. The van der Waals surface area contributed by atoms with Crippen LogP contribution in [0, 0.1) is 6.92 Å². The maximum absolute atomic E-state index is 12.3. The van der Waals surface area contributed by atoms with Gasteiger partial charge in [-0.3, -0.25) is 4.79 Å². The molecule has 0 unspecified atom stereocenters. The first-order valence-electron chi connectivity index (χ1n) is 8.81. The van der Waals surface area contributed by atoms with E-state index in [9.17, 15) is 9.59 Å². The van der Waals surface area contributed by atoms with Crippen molar-refractivity contribution in [2.24, 2.45) is 0 Å². The quantitative estimate of drug-likeness (QED) is 0.833. The van der Waals surface area contributed by atoms with Gasteiger partial charge in [0.1, 0.15) is 5.75 Å². The van der Waals surface area contributed by atoms with E-state index < -0.39 is 5.97 Å². The molecule has 1 N–H and O–H groups in total. The number of aryl methyl sites for hydroxylation is 1. The molecular formula is C21H23NO4. The van der Waals surface area contributed by atoms with Crippen LogP contribution in [0.4, 0.5) is 5.69 Å². The van der Waals surface area contributed by atoms with Gasteiger partial charge in [0.15, 0.2) is 6.61 Å². The molecule has 0 saturated heterocycles. The molecule has 1 aliphatic rings. The number of amides is 1. The van der Waals surface area contributed by atoms with Gasteiger partial charge in [-0.1, -0.05) is 18.2 Å². The molecule has 136 valence electrons. The Hall–Kier alpha value is -2.82. The summed E-state index contributed by atoms with van der Waals surface area (Å²) in [5.74, 6) is 0.103. The lowest BCUT2D eigenvalue weighted by atomic mass is 9.91. The molecule has 0 spiro atoms. The van der Waals surface area contributed by atoms with E-state index in [2.05, 4.69) is 11.4 Å². The minimum atomic E-state index is -0.425. The highest BCUT2D eigenvalue weighted by molar-refractivity contribution is 5.97. The summed E-state index contributed by atoms with van der Waals surface area (Å²) in [5.41, 5.74) is 4.22. The number of esters is 1. The fourth-order valence-electron chi connectivity index (χ4n) is 3.31. The molecule has 26 heavy (non-hydrogen) atoms. The third kappa shape index (κ3) is 3.87. The summed E-state index contributed by atoms with van der Waals surface area (Å²) in [6.45, 7) is 1.70. The van der Waals surface area contributed by atoms with Gasteiger partial charge in [-0.2, -0.15) is 0 Å². The van der Waals surface area contributed by atoms with Gasteiger partial charge < -0.3 is 14.8 Å². The van der Waals surface area contributed by atoms with E-state index in [1.807, 2.05) is 12.1 Å². The first-order valence-corrected chi connectivity index (χ1v) is 8.81. The first kappa shape index (κ1) is 18.0. The van der Waals surface area contributed by atoms with E-state index in [1.165, 1.54) is 24.7 Å². The molecule has 0 atom stereocenters. The predicted molar refractivity (Wildman–Crippen MR) is 99.7 cm³/mol. The first-order chi connectivity index (χ1) is 12.6. The zero-order valence-electron chi connectivity index (χ0n) is 15.1. The highest BCUT2D eigenvalue weighted by atomic mass is 16.5. The number of benzene rings is 2. The largest absolute Gasteiger partial charge is 0.483 e. The maximum atomic E-state index is 12.3. The van der Waals surface area contributed by atoms with Crippen molar-refractivity contribution in [3.8, 4) is 5.75 Å². The second kappa shape index (κ2) is 8.04. The molecule has 5 heteroatoms. The van der Waals surface area contributed by atoms with Crippen LogP contribution in [0.5, 0.6) is 5.75 Å². The molecule has 5 nitrogen and oxygen atoms in total. The van der Waals surface area contributed by atoms with Crippen LogP contribution >= 0.6 is 0 Å². The van der Waals surface area contributed by atoms with E-state index in [0.29, 0.717) is 16.8 Å². The number of ether oxygens (including phenoxy) is 2. The highest BCUT2D eigenvalue weighted by Crippen LogP contribution is 2.29. The summed E-state index contributed by atoms with van der Waals surface area (Å²) in [4.78, 5) is 24.1. The second-order valence-electron chi connectivity index (χ2n) is 6.41. The lowest BCUT2D eigenvalue weighted by Gasteiger charge is -2.19. The van der Waals surface area contributed by atoms with E-state index >= 15 is 0 Å². The van der Waals surface area contributed by atoms with E-state index in [1.54, 1.807) is 25.1 Å². The number of hydrogen-bond donors (Lipinski definition) is 1. The number of anilines is 1. The molecular weight excluding hydrogens is 330 g/mol. The third-order valence-corrected chi connectivity index (χ3v) is 4.72. The van der Waals surface area contributed by atoms with Crippen LogP contribution in [-0.2, 0) is 22.4 Å². The summed E-state index contributed by atoms with van der Waals surface area (Å²) in [7, 11) is 1.33. The molecule has 2 aromatic rings. The lowest BCUT2D eigenvalue weighted by molar-refractivity contribution is -0.118. The van der Waals surface area contributed by atoms with Gasteiger partial charge >= 0.3 is 5.97 Å². The zero-order valence-corrected chi connectivity index (χ0v) is 15.1. The van der Waals surface area contributed by atoms with Crippen molar-refractivity contribution in [1.29, 1.82) is 0 Å². The SMILES string of the molecule is COC(=O)c1cccc(NC(=O)COc2cccc3c2CCCC3)c1C. The standard InChI is InChI=1S/C21H23NO4/c1-14-16(21(24)25-2)10-6-11-18(14)22-20(23)13-26-19-12-5-8-15-7-3-4-9-17(15)19/h5-6,8,10-12H,3-4,7,9,13H2,1-2H3,(H,22,23). The Morgan fingerprint density at radius 1 is 1.08 bits per heavy atom. The summed E-state index contributed by atoms with van der Waals surface area (Å²) in [6.07, 6.45) is 4.41. The van der Waals surface area contributed by atoms with Crippen LogP contribution in [-0.4, -0.2) is 25.6 Å². The molecule has 0 heterocycles. The highest BCUT2D eigenvalue weighted by Gasteiger charge is 2.16. The summed E-state index contributed by atoms with van der Waals surface area (Å²) < 4.78 is 10.5. The Bertz CT molecular complexity index is 829. The van der Waals surface area contributed by atoms with Crippen LogP contribution in [0.2, 0.25) is 0 Å². The van der Waals surface area contributed by atoms with Crippen LogP contribution < -0.4 is 10.1 Å². The minimum absolute atomic E-state index is 0.0711. The van der Waals surface area contributed by atoms with Crippen molar-refractivity contribution < 1.29 is 19.1 Å². The third-order valence-electron chi connectivity index (χ3n) is 4.72. The average Bonchev–Trinajstić information content (AvgIpc) is 2.67. The molecule has 0 fully saturated rings. The number of carbonyl (C=O) groups excluding carboxylic acids is 2. The van der Waals surface area contributed by atoms with Crippen molar-refractivity contribution in [1.82, 2.24) is 0 Å². The van der Waals surface area contributed by atoms with Crippen molar-refractivity contribution in [3.63, 3.8) is 0 Å². The molecule has 1 aliphatic carbocycles. The van der Waals surface area contributed by atoms with Crippen molar-refractivity contribution in [2.75, 3.05) is 19.0 Å². The van der Waals surface area contributed by atoms with Gasteiger partial charge in [0.25, 0.3) is 5.91 Å². The molecule has 0 aliphatic heterocycles. The van der Waals surface area contributed by atoms with E-state index in [0.717, 1.165) is 25.0 Å². The van der Waals surface area contributed by atoms with E-state index in [-0.39, 0.29) is 12.5 Å². The Balaban J connectivity index is 1.66. The number of fused-ring (bicyclic) bond motifs is 1. The number of nitrogens with one attached hydrogen (secondary N) is 1. The fraction of sp³-hybridized carbons (Fsp3) is 0.333. The van der Waals surface area contributed by atoms with Crippen LogP contribution in [0.15, 0.2) is 36.4 Å². The van der Waals surface area contributed by atoms with Gasteiger partial charge in [0.2, 0.25) is 0 Å². The molecule has 1 amide bonds.